The monoisotopic (exact) mass is 452 g/mol. The lowest BCUT2D eigenvalue weighted by Crippen LogP contribution is -2.31. The van der Waals surface area contributed by atoms with Gasteiger partial charge in [-0.05, 0) is 61.9 Å². The van der Waals surface area contributed by atoms with Crippen molar-refractivity contribution in [2.24, 2.45) is 0 Å². The molecule has 0 aliphatic rings. The van der Waals surface area contributed by atoms with Gasteiger partial charge in [-0.3, -0.25) is 4.18 Å². The van der Waals surface area contributed by atoms with Gasteiger partial charge in [-0.15, -0.1) is 0 Å². The number of ether oxygens (including phenoxy) is 1. The fourth-order valence-electron chi connectivity index (χ4n) is 3.30. The molecule has 0 unspecified atom stereocenters. The van der Waals surface area contributed by atoms with Crippen LogP contribution in [-0.2, 0) is 30.3 Å². The molecule has 0 spiro atoms. The van der Waals surface area contributed by atoms with Crippen molar-refractivity contribution in [2.75, 3.05) is 0 Å². The van der Waals surface area contributed by atoms with Crippen molar-refractivity contribution in [3.8, 4) is 11.1 Å². The van der Waals surface area contributed by atoms with Gasteiger partial charge < -0.3 is 4.74 Å². The molecular weight excluding hydrogens is 424 g/mol. The van der Waals surface area contributed by atoms with Crippen LogP contribution in [0.4, 0.5) is 0 Å². The molecule has 0 bridgehead atoms. The molecule has 3 aromatic rings. The second-order valence-corrected chi connectivity index (χ2v) is 9.36. The van der Waals surface area contributed by atoms with E-state index in [0.717, 1.165) is 16.7 Å². The first-order valence-electron chi connectivity index (χ1n) is 10.7. The minimum absolute atomic E-state index is 0.00240. The molecule has 0 heterocycles. The van der Waals surface area contributed by atoms with E-state index in [1.165, 1.54) is 12.1 Å². The van der Waals surface area contributed by atoms with Crippen LogP contribution in [0.5, 0.6) is 0 Å². The summed E-state index contributed by atoms with van der Waals surface area (Å²) in [5.74, 6) is -0.669. The predicted molar refractivity (Wildman–Crippen MR) is 125 cm³/mol. The zero-order valence-corrected chi connectivity index (χ0v) is 19.1. The molecule has 32 heavy (non-hydrogen) atoms. The van der Waals surface area contributed by atoms with E-state index >= 15 is 0 Å². The summed E-state index contributed by atoms with van der Waals surface area (Å²) in [5.41, 5.74) is 2.99. The minimum atomic E-state index is -4.14. The van der Waals surface area contributed by atoms with Gasteiger partial charge in [-0.2, -0.15) is 8.42 Å². The van der Waals surface area contributed by atoms with Gasteiger partial charge in [-0.1, -0.05) is 72.8 Å². The van der Waals surface area contributed by atoms with Gasteiger partial charge in [0.25, 0.3) is 10.1 Å². The van der Waals surface area contributed by atoms with Crippen LogP contribution < -0.4 is 0 Å². The third kappa shape index (κ3) is 6.77. The molecule has 3 rings (SSSR count). The topological polar surface area (TPSA) is 69.7 Å². The van der Waals surface area contributed by atoms with Gasteiger partial charge in [0.1, 0.15) is 0 Å². The summed E-state index contributed by atoms with van der Waals surface area (Å²) < 4.78 is 36.4. The van der Waals surface area contributed by atoms with Crippen molar-refractivity contribution < 1.29 is 22.1 Å². The molecule has 0 aliphatic heterocycles. The Hall–Kier alpha value is -2.96. The van der Waals surface area contributed by atoms with Crippen LogP contribution in [0.25, 0.3) is 11.1 Å². The normalized spacial score (nSPS) is 12.5. The van der Waals surface area contributed by atoms with E-state index in [2.05, 4.69) is 0 Å². The van der Waals surface area contributed by atoms with E-state index in [-0.39, 0.29) is 17.4 Å². The second kappa shape index (κ2) is 11.1. The van der Waals surface area contributed by atoms with Crippen molar-refractivity contribution in [1.82, 2.24) is 0 Å². The zero-order valence-electron chi connectivity index (χ0n) is 18.3. The van der Waals surface area contributed by atoms with Crippen LogP contribution in [-0.4, -0.2) is 26.6 Å². The lowest BCUT2D eigenvalue weighted by Gasteiger charge is -2.18. The summed E-state index contributed by atoms with van der Waals surface area (Å²) in [7, 11) is -4.14. The highest BCUT2D eigenvalue weighted by Gasteiger charge is 2.29. The summed E-state index contributed by atoms with van der Waals surface area (Å²) in [6.45, 7) is 3.44. The largest absolute Gasteiger partial charge is 0.461 e. The molecule has 0 amide bonds. The number of carbonyl (C=O) groups excluding carboxylic acids is 1. The number of hydrogen-bond acceptors (Lipinski definition) is 5. The first-order valence-corrected chi connectivity index (χ1v) is 12.1. The Bertz CT molecular complexity index is 1090. The van der Waals surface area contributed by atoms with Gasteiger partial charge >= 0.3 is 5.97 Å². The Morgan fingerprint density at radius 1 is 0.812 bits per heavy atom. The number of aryl methyl sites for hydroxylation is 1. The quantitative estimate of drug-likeness (QED) is 0.304. The fourth-order valence-corrected chi connectivity index (χ4v) is 4.36. The number of carbonyl (C=O) groups is 1. The van der Waals surface area contributed by atoms with Crippen molar-refractivity contribution in [3.63, 3.8) is 0 Å². The van der Waals surface area contributed by atoms with Crippen LogP contribution in [0.15, 0.2) is 89.8 Å². The molecule has 1 atom stereocenters. The van der Waals surface area contributed by atoms with Gasteiger partial charge in [0.15, 0.2) is 6.10 Å². The van der Waals surface area contributed by atoms with Crippen LogP contribution in [0.1, 0.15) is 32.3 Å². The molecule has 0 aromatic heterocycles. The van der Waals surface area contributed by atoms with Gasteiger partial charge in [-0.25, -0.2) is 4.79 Å². The van der Waals surface area contributed by atoms with E-state index in [4.69, 9.17) is 8.92 Å². The highest BCUT2D eigenvalue weighted by molar-refractivity contribution is 7.86. The number of rotatable bonds is 10. The van der Waals surface area contributed by atoms with E-state index in [9.17, 15) is 13.2 Å². The predicted octanol–water partition coefficient (Wildman–Crippen LogP) is 5.40. The summed E-state index contributed by atoms with van der Waals surface area (Å²) in [6.07, 6.45) is -0.0244. The Labute approximate surface area is 190 Å². The van der Waals surface area contributed by atoms with Gasteiger partial charge in [0.05, 0.1) is 11.0 Å². The zero-order chi connectivity index (χ0) is 23.0. The van der Waals surface area contributed by atoms with Crippen molar-refractivity contribution in [1.29, 1.82) is 0 Å². The summed E-state index contributed by atoms with van der Waals surface area (Å²) in [5, 5.41) is 0. The van der Waals surface area contributed by atoms with E-state index in [0.29, 0.717) is 12.8 Å². The molecule has 5 nitrogen and oxygen atoms in total. The third-order valence-corrected chi connectivity index (χ3v) is 6.22. The molecule has 6 heteroatoms. The lowest BCUT2D eigenvalue weighted by atomic mass is 10.1. The Morgan fingerprint density at radius 3 is 1.97 bits per heavy atom. The fraction of sp³-hybridized carbons (Fsp3) is 0.269. The molecule has 0 radical (unpaired) electrons. The smallest absolute Gasteiger partial charge is 0.337 e. The first-order chi connectivity index (χ1) is 15.3. The number of benzene rings is 3. The summed E-state index contributed by atoms with van der Waals surface area (Å²) >= 11 is 0. The summed E-state index contributed by atoms with van der Waals surface area (Å²) in [4.78, 5) is 12.5. The standard InChI is InChI=1S/C26H28O5S/c1-20(2)30-26(27)25(15-9-12-21-10-5-3-6-11-21)31-32(28,29)24-18-16-23(17-19-24)22-13-7-4-8-14-22/h3-8,10-11,13-14,16-20,25H,9,12,15H2,1-2H3/t25-/m1/s1. The SMILES string of the molecule is CC(C)OC(=O)[C@@H](CCCc1ccccc1)OS(=O)(=O)c1ccc(-c2ccccc2)cc1. The maximum atomic E-state index is 12.9. The molecule has 168 valence electrons. The van der Waals surface area contributed by atoms with Crippen LogP contribution in [0.3, 0.4) is 0 Å². The maximum Gasteiger partial charge on any atom is 0.337 e. The van der Waals surface area contributed by atoms with Crippen LogP contribution in [0.2, 0.25) is 0 Å². The van der Waals surface area contributed by atoms with Gasteiger partial charge in [0, 0.05) is 0 Å². The number of hydrogen-bond donors (Lipinski definition) is 0. The highest BCUT2D eigenvalue weighted by Crippen LogP contribution is 2.23. The highest BCUT2D eigenvalue weighted by atomic mass is 32.2. The average molecular weight is 453 g/mol. The lowest BCUT2D eigenvalue weighted by molar-refractivity contribution is -0.156. The Kier molecular flexibility index (Phi) is 8.20. The van der Waals surface area contributed by atoms with Crippen molar-refractivity contribution >= 4 is 16.1 Å². The minimum Gasteiger partial charge on any atom is -0.461 e. The van der Waals surface area contributed by atoms with E-state index < -0.39 is 22.2 Å². The first kappa shape index (κ1) is 23.7. The van der Waals surface area contributed by atoms with E-state index in [1.54, 1.807) is 26.0 Å². The maximum absolute atomic E-state index is 12.9. The molecule has 0 saturated heterocycles. The third-order valence-electron chi connectivity index (χ3n) is 4.88. The number of esters is 1. The molecule has 0 fully saturated rings. The molecule has 0 aliphatic carbocycles. The Balaban J connectivity index is 1.72. The molecule has 0 N–H and O–H groups in total. The summed E-state index contributed by atoms with van der Waals surface area (Å²) in [6, 6.07) is 25.9. The van der Waals surface area contributed by atoms with Crippen molar-refractivity contribution in [3.05, 3.63) is 90.5 Å². The van der Waals surface area contributed by atoms with Crippen LogP contribution in [0, 0.1) is 0 Å². The van der Waals surface area contributed by atoms with E-state index in [1.807, 2.05) is 60.7 Å². The molecule has 0 saturated carbocycles. The molecule has 3 aromatic carbocycles. The van der Waals surface area contributed by atoms with Crippen LogP contribution >= 0.6 is 0 Å². The van der Waals surface area contributed by atoms with Crippen molar-refractivity contribution in [2.45, 2.75) is 50.2 Å². The second-order valence-electron chi connectivity index (χ2n) is 7.79. The Morgan fingerprint density at radius 2 is 1.38 bits per heavy atom. The van der Waals surface area contributed by atoms with Gasteiger partial charge in [0.2, 0.25) is 0 Å². The average Bonchev–Trinajstić information content (AvgIpc) is 2.79. The molecular formula is C26H28O5S.